The van der Waals surface area contributed by atoms with Crippen LogP contribution in [0.5, 0.6) is 0 Å². The van der Waals surface area contributed by atoms with Gasteiger partial charge in [0.25, 0.3) is 0 Å². The van der Waals surface area contributed by atoms with Crippen LogP contribution in [0.4, 0.5) is 0 Å². The zero-order chi connectivity index (χ0) is 8.53. The van der Waals surface area contributed by atoms with Crippen molar-refractivity contribution in [2.75, 3.05) is 37.0 Å². The molecule has 0 aromatic carbocycles. The molecule has 0 bridgehead atoms. The molecule has 0 N–H and O–H groups in total. The van der Waals surface area contributed by atoms with Gasteiger partial charge >= 0.3 is 0 Å². The van der Waals surface area contributed by atoms with Crippen LogP contribution in [0.25, 0.3) is 0 Å². The van der Waals surface area contributed by atoms with Gasteiger partial charge in [0.15, 0.2) is 0 Å². The van der Waals surface area contributed by atoms with Gasteiger partial charge in [-0.3, -0.25) is 0 Å². The molecule has 0 spiro atoms. The fourth-order valence-electron chi connectivity index (χ4n) is 0.886. The van der Waals surface area contributed by atoms with Gasteiger partial charge in [0.2, 0.25) is 0 Å². The third kappa shape index (κ3) is 6.98. The zero-order valence-electron chi connectivity index (χ0n) is 7.48. The quantitative estimate of drug-likeness (QED) is 0.453. The largest absolute Gasteiger partial charge is 0.302 e. The molecule has 0 rings (SSSR count). The van der Waals surface area contributed by atoms with E-state index in [1.54, 1.807) is 0 Å². The van der Waals surface area contributed by atoms with Gasteiger partial charge in [-0.1, -0.05) is 13.8 Å². The van der Waals surface area contributed by atoms with Gasteiger partial charge < -0.3 is 4.90 Å². The summed E-state index contributed by atoms with van der Waals surface area (Å²) < 4.78 is 0. The number of hydrogen-bond donors (Lipinski definition) is 0. The lowest BCUT2D eigenvalue weighted by molar-refractivity contribution is 0.326. The average molecular weight is 196 g/mol. The van der Waals surface area contributed by atoms with Gasteiger partial charge in [-0.15, -0.1) is 11.6 Å². The minimum atomic E-state index is 0.755. The summed E-state index contributed by atoms with van der Waals surface area (Å²) in [7, 11) is 0. The first-order valence-corrected chi connectivity index (χ1v) is 5.90. The molecule has 0 aromatic heterocycles. The Morgan fingerprint density at radius 2 is 2.00 bits per heavy atom. The smallest absolute Gasteiger partial charge is 0.0351 e. The first-order valence-electron chi connectivity index (χ1n) is 4.21. The van der Waals surface area contributed by atoms with Crippen LogP contribution in [0, 0.1) is 0 Å². The third-order valence-electron chi connectivity index (χ3n) is 1.60. The fraction of sp³-hybridized carbons (Fsp3) is 1.00. The van der Waals surface area contributed by atoms with Crippen LogP contribution in [-0.4, -0.2) is 41.9 Å². The molecule has 0 heterocycles. The van der Waals surface area contributed by atoms with Crippen LogP contribution in [0.15, 0.2) is 0 Å². The topological polar surface area (TPSA) is 3.24 Å². The van der Waals surface area contributed by atoms with Crippen molar-refractivity contribution in [2.24, 2.45) is 0 Å². The third-order valence-corrected chi connectivity index (χ3v) is 2.65. The molecule has 0 atom stereocenters. The first kappa shape index (κ1) is 11.6. The lowest BCUT2D eigenvalue weighted by atomic mass is 10.5. The van der Waals surface area contributed by atoms with Gasteiger partial charge in [0.1, 0.15) is 0 Å². The second kappa shape index (κ2) is 8.69. The fourth-order valence-corrected chi connectivity index (χ4v) is 1.80. The molecular formula is C8H18ClNS. The molecule has 3 heteroatoms. The van der Waals surface area contributed by atoms with Crippen molar-refractivity contribution in [1.29, 1.82) is 0 Å². The summed E-state index contributed by atoms with van der Waals surface area (Å²) in [6.45, 7) is 7.71. The molecule has 0 radical (unpaired) electrons. The van der Waals surface area contributed by atoms with E-state index in [1.807, 2.05) is 11.8 Å². The molecule has 0 aromatic rings. The van der Waals surface area contributed by atoms with Crippen molar-refractivity contribution >= 4 is 23.4 Å². The molecule has 11 heavy (non-hydrogen) atoms. The Balaban J connectivity index is 3.20. The van der Waals surface area contributed by atoms with Crippen molar-refractivity contribution < 1.29 is 0 Å². The SMILES string of the molecule is CCSCCN(CC)CCCl. The van der Waals surface area contributed by atoms with Gasteiger partial charge in [-0.05, 0) is 12.3 Å². The minimum absolute atomic E-state index is 0.755. The van der Waals surface area contributed by atoms with Gasteiger partial charge in [0, 0.05) is 24.7 Å². The van der Waals surface area contributed by atoms with Crippen LogP contribution < -0.4 is 0 Å². The van der Waals surface area contributed by atoms with Crippen molar-refractivity contribution in [3.63, 3.8) is 0 Å². The maximum atomic E-state index is 5.64. The Morgan fingerprint density at radius 3 is 2.45 bits per heavy atom. The summed E-state index contributed by atoms with van der Waals surface area (Å²) >= 11 is 7.63. The Morgan fingerprint density at radius 1 is 1.27 bits per heavy atom. The molecule has 0 aliphatic carbocycles. The Bertz CT molecular complexity index is 80.5. The number of thioether (sulfide) groups is 1. The molecule has 0 saturated carbocycles. The number of hydrogen-bond acceptors (Lipinski definition) is 2. The van der Waals surface area contributed by atoms with Gasteiger partial charge in [-0.2, -0.15) is 11.8 Å². The van der Waals surface area contributed by atoms with Crippen LogP contribution >= 0.6 is 23.4 Å². The van der Waals surface area contributed by atoms with E-state index < -0.39 is 0 Å². The lowest BCUT2D eigenvalue weighted by Crippen LogP contribution is -2.27. The highest BCUT2D eigenvalue weighted by molar-refractivity contribution is 7.99. The van der Waals surface area contributed by atoms with E-state index >= 15 is 0 Å². The Hall–Kier alpha value is 0.600. The van der Waals surface area contributed by atoms with Gasteiger partial charge in [0.05, 0.1) is 0 Å². The monoisotopic (exact) mass is 195 g/mol. The predicted molar refractivity (Wildman–Crippen MR) is 55.8 cm³/mol. The van der Waals surface area contributed by atoms with Crippen molar-refractivity contribution in [3.05, 3.63) is 0 Å². The van der Waals surface area contributed by atoms with Crippen molar-refractivity contribution in [3.8, 4) is 0 Å². The summed E-state index contributed by atoms with van der Waals surface area (Å²) in [6, 6.07) is 0. The number of nitrogens with zero attached hydrogens (tertiary/aromatic N) is 1. The van der Waals surface area contributed by atoms with Crippen LogP contribution in [0.1, 0.15) is 13.8 Å². The number of halogens is 1. The standard InChI is InChI=1S/C8H18ClNS/c1-3-10(6-5-9)7-8-11-4-2/h3-8H2,1-2H3. The summed E-state index contributed by atoms with van der Waals surface area (Å²) in [6.07, 6.45) is 0. The normalized spacial score (nSPS) is 10.9. The molecule has 0 unspecified atom stereocenters. The Kier molecular flexibility index (Phi) is 9.17. The first-order chi connectivity index (χ1) is 5.35. The second-order valence-electron chi connectivity index (χ2n) is 2.32. The van der Waals surface area contributed by atoms with Crippen molar-refractivity contribution in [1.82, 2.24) is 4.90 Å². The molecule has 0 fully saturated rings. The highest BCUT2D eigenvalue weighted by Gasteiger charge is 1.99. The van der Waals surface area contributed by atoms with E-state index in [-0.39, 0.29) is 0 Å². The van der Waals surface area contributed by atoms with E-state index in [9.17, 15) is 0 Å². The molecule has 0 aliphatic heterocycles. The summed E-state index contributed by atoms with van der Waals surface area (Å²) in [5.41, 5.74) is 0. The molecule has 0 amide bonds. The van der Waals surface area contributed by atoms with E-state index in [1.165, 1.54) is 18.1 Å². The van der Waals surface area contributed by atoms with E-state index in [2.05, 4.69) is 18.7 Å². The van der Waals surface area contributed by atoms with Crippen molar-refractivity contribution in [2.45, 2.75) is 13.8 Å². The summed E-state index contributed by atoms with van der Waals surface area (Å²) in [5, 5.41) is 0. The molecular weight excluding hydrogens is 178 g/mol. The molecule has 1 nitrogen and oxygen atoms in total. The lowest BCUT2D eigenvalue weighted by Gasteiger charge is -2.17. The van der Waals surface area contributed by atoms with E-state index in [0.29, 0.717) is 0 Å². The molecule has 0 aliphatic rings. The minimum Gasteiger partial charge on any atom is -0.302 e. The average Bonchev–Trinajstić information content (AvgIpc) is 2.03. The Labute approximate surface area is 79.5 Å². The highest BCUT2D eigenvalue weighted by atomic mass is 35.5. The molecule has 68 valence electrons. The van der Waals surface area contributed by atoms with Crippen LogP contribution in [0.2, 0.25) is 0 Å². The molecule has 0 saturated heterocycles. The zero-order valence-corrected chi connectivity index (χ0v) is 9.05. The summed E-state index contributed by atoms with van der Waals surface area (Å²) in [4.78, 5) is 2.38. The van der Waals surface area contributed by atoms with E-state index in [0.717, 1.165) is 19.0 Å². The second-order valence-corrected chi connectivity index (χ2v) is 4.09. The van der Waals surface area contributed by atoms with Crippen LogP contribution in [0.3, 0.4) is 0 Å². The summed E-state index contributed by atoms with van der Waals surface area (Å²) in [5.74, 6) is 3.21. The van der Waals surface area contributed by atoms with E-state index in [4.69, 9.17) is 11.6 Å². The number of rotatable bonds is 7. The van der Waals surface area contributed by atoms with Crippen LogP contribution in [-0.2, 0) is 0 Å². The highest BCUT2D eigenvalue weighted by Crippen LogP contribution is 1.99. The van der Waals surface area contributed by atoms with Gasteiger partial charge in [-0.25, -0.2) is 0 Å². The predicted octanol–water partition coefficient (Wildman–Crippen LogP) is 2.30. The maximum Gasteiger partial charge on any atom is 0.0351 e. The number of alkyl halides is 1. The maximum absolute atomic E-state index is 5.64.